The monoisotopic (exact) mass is 268 g/mol. The number of Topliss-reactive ketones (excluding diaryl/α,β-unsaturated/α-hetero) is 1. The number of aryl methyl sites for hydroxylation is 1. The number of hydrogen-bond donors (Lipinski definition) is 0. The fraction of sp³-hybridized carbons (Fsp3) is 0.278. The SMILES string of the molecule is CCCOc1cccc(C(=O)Cc2cccc(C)c2)c1. The zero-order valence-corrected chi connectivity index (χ0v) is 12.1. The zero-order chi connectivity index (χ0) is 14.4. The molecule has 0 aliphatic heterocycles. The molecule has 104 valence electrons. The van der Waals surface area contributed by atoms with Gasteiger partial charge in [-0.1, -0.05) is 48.9 Å². The van der Waals surface area contributed by atoms with Gasteiger partial charge in [0.25, 0.3) is 0 Å². The second-order valence-corrected chi connectivity index (χ2v) is 4.97. The molecular formula is C18H20O2. The van der Waals surface area contributed by atoms with Gasteiger partial charge < -0.3 is 4.74 Å². The summed E-state index contributed by atoms with van der Waals surface area (Å²) in [5.41, 5.74) is 2.94. The third-order valence-electron chi connectivity index (χ3n) is 3.08. The van der Waals surface area contributed by atoms with Crippen LogP contribution in [0.1, 0.15) is 34.8 Å². The van der Waals surface area contributed by atoms with Gasteiger partial charge in [0.15, 0.2) is 5.78 Å². The first kappa shape index (κ1) is 14.3. The number of benzene rings is 2. The van der Waals surface area contributed by atoms with Gasteiger partial charge in [-0.2, -0.15) is 0 Å². The van der Waals surface area contributed by atoms with Crippen LogP contribution in [0.4, 0.5) is 0 Å². The highest BCUT2D eigenvalue weighted by Crippen LogP contribution is 2.16. The summed E-state index contributed by atoms with van der Waals surface area (Å²) in [5, 5.41) is 0. The lowest BCUT2D eigenvalue weighted by atomic mass is 10.0. The summed E-state index contributed by atoms with van der Waals surface area (Å²) in [6.45, 7) is 4.77. The van der Waals surface area contributed by atoms with Crippen molar-refractivity contribution in [1.82, 2.24) is 0 Å². The first-order valence-electron chi connectivity index (χ1n) is 7.00. The lowest BCUT2D eigenvalue weighted by Crippen LogP contribution is -2.04. The average molecular weight is 268 g/mol. The summed E-state index contributed by atoms with van der Waals surface area (Å²) < 4.78 is 5.56. The lowest BCUT2D eigenvalue weighted by Gasteiger charge is -2.07. The zero-order valence-electron chi connectivity index (χ0n) is 12.1. The Labute approximate surface area is 120 Å². The molecule has 2 aromatic carbocycles. The minimum absolute atomic E-state index is 0.123. The van der Waals surface area contributed by atoms with Gasteiger partial charge in [-0.15, -0.1) is 0 Å². The molecule has 2 aromatic rings. The summed E-state index contributed by atoms with van der Waals surface area (Å²) in [6, 6.07) is 15.5. The minimum atomic E-state index is 0.123. The van der Waals surface area contributed by atoms with Crippen molar-refractivity contribution in [3.05, 3.63) is 65.2 Å². The van der Waals surface area contributed by atoms with Crippen LogP contribution < -0.4 is 4.74 Å². The van der Waals surface area contributed by atoms with E-state index in [1.807, 2.05) is 49.4 Å². The van der Waals surface area contributed by atoms with E-state index in [0.29, 0.717) is 18.6 Å². The van der Waals surface area contributed by atoms with Crippen LogP contribution in [0.5, 0.6) is 5.75 Å². The summed E-state index contributed by atoms with van der Waals surface area (Å²) in [4.78, 5) is 12.3. The molecule has 2 nitrogen and oxygen atoms in total. The van der Waals surface area contributed by atoms with Crippen molar-refractivity contribution >= 4 is 5.78 Å². The minimum Gasteiger partial charge on any atom is -0.494 e. The third-order valence-corrected chi connectivity index (χ3v) is 3.08. The van der Waals surface area contributed by atoms with Gasteiger partial charge in [-0.05, 0) is 31.0 Å². The van der Waals surface area contributed by atoms with Gasteiger partial charge in [0, 0.05) is 12.0 Å². The van der Waals surface area contributed by atoms with Gasteiger partial charge in [0.2, 0.25) is 0 Å². The Bertz CT molecular complexity index is 587. The molecule has 0 N–H and O–H groups in total. The van der Waals surface area contributed by atoms with E-state index >= 15 is 0 Å². The number of carbonyl (C=O) groups is 1. The Morgan fingerprint density at radius 2 is 1.90 bits per heavy atom. The summed E-state index contributed by atoms with van der Waals surface area (Å²) in [6.07, 6.45) is 1.39. The summed E-state index contributed by atoms with van der Waals surface area (Å²) in [5.74, 6) is 0.888. The van der Waals surface area contributed by atoms with Crippen LogP contribution in [-0.4, -0.2) is 12.4 Å². The van der Waals surface area contributed by atoms with Crippen molar-refractivity contribution in [2.24, 2.45) is 0 Å². The predicted octanol–water partition coefficient (Wildman–Crippen LogP) is 4.21. The van der Waals surface area contributed by atoms with Crippen LogP contribution in [0.2, 0.25) is 0 Å². The maximum absolute atomic E-state index is 12.3. The van der Waals surface area contributed by atoms with E-state index in [2.05, 4.69) is 13.0 Å². The molecule has 0 saturated carbocycles. The van der Waals surface area contributed by atoms with Gasteiger partial charge in [0.05, 0.1) is 6.61 Å². The molecule has 0 spiro atoms. The fourth-order valence-corrected chi connectivity index (χ4v) is 2.09. The van der Waals surface area contributed by atoms with E-state index in [1.165, 1.54) is 5.56 Å². The average Bonchev–Trinajstić information content (AvgIpc) is 2.45. The molecule has 0 aromatic heterocycles. The van der Waals surface area contributed by atoms with Crippen molar-refractivity contribution in [3.63, 3.8) is 0 Å². The molecule has 0 bridgehead atoms. The smallest absolute Gasteiger partial charge is 0.167 e. The molecule has 0 saturated heterocycles. The Balaban J connectivity index is 2.09. The molecule has 0 radical (unpaired) electrons. The Hall–Kier alpha value is -2.09. The Morgan fingerprint density at radius 1 is 1.10 bits per heavy atom. The maximum atomic E-state index is 12.3. The third kappa shape index (κ3) is 3.95. The van der Waals surface area contributed by atoms with Crippen LogP contribution in [0, 0.1) is 6.92 Å². The van der Waals surface area contributed by atoms with Gasteiger partial charge in [0.1, 0.15) is 5.75 Å². The van der Waals surface area contributed by atoms with E-state index in [-0.39, 0.29) is 5.78 Å². The second-order valence-electron chi connectivity index (χ2n) is 4.97. The highest BCUT2D eigenvalue weighted by Gasteiger charge is 2.08. The Kier molecular flexibility index (Phi) is 4.94. The van der Waals surface area contributed by atoms with Crippen molar-refractivity contribution in [2.75, 3.05) is 6.61 Å². The summed E-state index contributed by atoms with van der Waals surface area (Å²) >= 11 is 0. The molecule has 0 aliphatic carbocycles. The number of ketones is 1. The highest BCUT2D eigenvalue weighted by molar-refractivity contribution is 5.97. The number of rotatable bonds is 6. The van der Waals surface area contributed by atoms with Crippen LogP contribution >= 0.6 is 0 Å². The molecule has 2 rings (SSSR count). The van der Waals surface area contributed by atoms with E-state index in [0.717, 1.165) is 17.7 Å². The standard InChI is InChI=1S/C18H20O2/c1-3-10-20-17-9-5-8-16(13-17)18(19)12-15-7-4-6-14(2)11-15/h4-9,11,13H,3,10,12H2,1-2H3. The maximum Gasteiger partial charge on any atom is 0.167 e. The predicted molar refractivity (Wildman–Crippen MR) is 81.4 cm³/mol. The second kappa shape index (κ2) is 6.90. The van der Waals surface area contributed by atoms with Crippen LogP contribution in [-0.2, 0) is 6.42 Å². The molecule has 0 aliphatic rings. The van der Waals surface area contributed by atoms with Crippen LogP contribution in [0.3, 0.4) is 0 Å². The number of ether oxygens (including phenoxy) is 1. The fourth-order valence-electron chi connectivity index (χ4n) is 2.09. The molecule has 0 fully saturated rings. The largest absolute Gasteiger partial charge is 0.494 e. The molecule has 0 unspecified atom stereocenters. The topological polar surface area (TPSA) is 26.3 Å². The van der Waals surface area contributed by atoms with Gasteiger partial charge in [-0.25, -0.2) is 0 Å². The number of hydrogen-bond acceptors (Lipinski definition) is 2. The number of carbonyl (C=O) groups excluding carboxylic acids is 1. The molecule has 0 atom stereocenters. The van der Waals surface area contributed by atoms with E-state index in [9.17, 15) is 4.79 Å². The highest BCUT2D eigenvalue weighted by atomic mass is 16.5. The van der Waals surface area contributed by atoms with Crippen molar-refractivity contribution in [3.8, 4) is 5.75 Å². The van der Waals surface area contributed by atoms with Crippen molar-refractivity contribution < 1.29 is 9.53 Å². The molecule has 20 heavy (non-hydrogen) atoms. The Morgan fingerprint density at radius 3 is 2.65 bits per heavy atom. The first-order valence-corrected chi connectivity index (χ1v) is 7.00. The van der Waals surface area contributed by atoms with Gasteiger partial charge >= 0.3 is 0 Å². The van der Waals surface area contributed by atoms with E-state index < -0.39 is 0 Å². The van der Waals surface area contributed by atoms with Crippen LogP contribution in [0.15, 0.2) is 48.5 Å². The quantitative estimate of drug-likeness (QED) is 0.734. The van der Waals surface area contributed by atoms with Crippen molar-refractivity contribution in [2.45, 2.75) is 26.7 Å². The normalized spacial score (nSPS) is 10.3. The van der Waals surface area contributed by atoms with Crippen molar-refractivity contribution in [1.29, 1.82) is 0 Å². The molecule has 0 amide bonds. The van der Waals surface area contributed by atoms with Crippen LogP contribution in [0.25, 0.3) is 0 Å². The summed E-state index contributed by atoms with van der Waals surface area (Å²) in [7, 11) is 0. The lowest BCUT2D eigenvalue weighted by molar-refractivity contribution is 0.0992. The molecule has 0 heterocycles. The van der Waals surface area contributed by atoms with E-state index in [1.54, 1.807) is 0 Å². The molecular weight excluding hydrogens is 248 g/mol. The van der Waals surface area contributed by atoms with E-state index in [4.69, 9.17) is 4.74 Å². The first-order chi connectivity index (χ1) is 9.69. The van der Waals surface area contributed by atoms with Gasteiger partial charge in [-0.3, -0.25) is 4.79 Å². The molecule has 2 heteroatoms.